The maximum Gasteiger partial charge on any atom is 0.340 e. The van der Waals surface area contributed by atoms with Gasteiger partial charge >= 0.3 is 5.97 Å². The summed E-state index contributed by atoms with van der Waals surface area (Å²) in [6.07, 6.45) is -1.15. The molecule has 0 fully saturated rings. The van der Waals surface area contributed by atoms with Crippen molar-refractivity contribution in [2.24, 2.45) is 0 Å². The Kier molecular flexibility index (Phi) is 6.02. The van der Waals surface area contributed by atoms with E-state index in [4.69, 9.17) is 9.47 Å². The number of carbonyl (C=O) groups excluding carboxylic acids is 2. The fourth-order valence-corrected chi connectivity index (χ4v) is 1.59. The van der Waals surface area contributed by atoms with Crippen LogP contribution in [0, 0.1) is 0 Å². The zero-order valence-electron chi connectivity index (χ0n) is 11.4. The largest absolute Gasteiger partial charge is 0.459 e. The summed E-state index contributed by atoms with van der Waals surface area (Å²) < 4.78 is 10.4. The SMILES string of the molecule is CO[C@@H](C(=O)O[C@@H](C)CNC(C)=O)c1ccccc1. The smallest absolute Gasteiger partial charge is 0.340 e. The van der Waals surface area contributed by atoms with Gasteiger partial charge < -0.3 is 14.8 Å². The first-order valence-electron chi connectivity index (χ1n) is 6.07. The van der Waals surface area contributed by atoms with Crippen molar-refractivity contribution in [1.29, 1.82) is 0 Å². The highest BCUT2D eigenvalue weighted by molar-refractivity contribution is 5.77. The Hall–Kier alpha value is -1.88. The van der Waals surface area contributed by atoms with E-state index in [-0.39, 0.29) is 12.5 Å². The molecule has 0 aliphatic rings. The normalized spacial score (nSPS) is 13.4. The maximum atomic E-state index is 12.0. The third-order valence-corrected chi connectivity index (χ3v) is 2.51. The number of benzene rings is 1. The van der Waals surface area contributed by atoms with Gasteiger partial charge in [0, 0.05) is 14.0 Å². The molecule has 0 bridgehead atoms. The van der Waals surface area contributed by atoms with Gasteiger partial charge in [-0.2, -0.15) is 0 Å². The third-order valence-electron chi connectivity index (χ3n) is 2.51. The van der Waals surface area contributed by atoms with Crippen molar-refractivity contribution in [3.63, 3.8) is 0 Å². The second kappa shape index (κ2) is 7.53. The summed E-state index contributed by atoms with van der Waals surface area (Å²) in [6.45, 7) is 3.41. The summed E-state index contributed by atoms with van der Waals surface area (Å²) in [5.74, 6) is -0.624. The summed E-state index contributed by atoms with van der Waals surface area (Å²) in [5, 5.41) is 2.59. The first-order valence-corrected chi connectivity index (χ1v) is 6.07. The van der Waals surface area contributed by atoms with Crippen molar-refractivity contribution in [1.82, 2.24) is 5.32 Å². The van der Waals surface area contributed by atoms with E-state index in [0.717, 1.165) is 5.56 Å². The molecule has 1 aromatic rings. The molecular weight excluding hydrogens is 246 g/mol. The number of carbonyl (C=O) groups is 2. The van der Waals surface area contributed by atoms with Crippen LogP contribution in [0.2, 0.25) is 0 Å². The number of rotatable bonds is 6. The molecule has 0 heterocycles. The van der Waals surface area contributed by atoms with Crippen LogP contribution in [-0.4, -0.2) is 31.6 Å². The van der Waals surface area contributed by atoms with Gasteiger partial charge in [0.2, 0.25) is 5.91 Å². The number of ether oxygens (including phenoxy) is 2. The Bertz CT molecular complexity index is 419. The van der Waals surface area contributed by atoms with Crippen molar-refractivity contribution < 1.29 is 19.1 Å². The average Bonchev–Trinajstić information content (AvgIpc) is 2.38. The number of esters is 1. The highest BCUT2D eigenvalue weighted by atomic mass is 16.6. The zero-order valence-corrected chi connectivity index (χ0v) is 11.4. The molecule has 0 saturated heterocycles. The Morgan fingerprint density at radius 1 is 1.26 bits per heavy atom. The van der Waals surface area contributed by atoms with Gasteiger partial charge in [0.1, 0.15) is 6.10 Å². The molecule has 5 heteroatoms. The van der Waals surface area contributed by atoms with Crippen molar-refractivity contribution in [2.45, 2.75) is 26.1 Å². The van der Waals surface area contributed by atoms with Gasteiger partial charge in [0.15, 0.2) is 6.10 Å². The van der Waals surface area contributed by atoms with Gasteiger partial charge in [-0.15, -0.1) is 0 Å². The number of hydrogen-bond donors (Lipinski definition) is 1. The van der Waals surface area contributed by atoms with E-state index in [1.165, 1.54) is 14.0 Å². The minimum Gasteiger partial charge on any atom is -0.459 e. The lowest BCUT2D eigenvalue weighted by atomic mass is 10.1. The molecular formula is C14H19NO4. The Morgan fingerprint density at radius 2 is 1.89 bits per heavy atom. The minimum atomic E-state index is -0.749. The lowest BCUT2D eigenvalue weighted by Gasteiger charge is -2.18. The quantitative estimate of drug-likeness (QED) is 0.790. The van der Waals surface area contributed by atoms with Gasteiger partial charge in [-0.3, -0.25) is 4.79 Å². The average molecular weight is 265 g/mol. The Labute approximate surface area is 112 Å². The van der Waals surface area contributed by atoms with Crippen molar-refractivity contribution in [3.8, 4) is 0 Å². The lowest BCUT2D eigenvalue weighted by molar-refractivity contribution is -0.160. The zero-order chi connectivity index (χ0) is 14.3. The van der Waals surface area contributed by atoms with Gasteiger partial charge in [-0.05, 0) is 12.5 Å². The summed E-state index contributed by atoms with van der Waals surface area (Å²) in [7, 11) is 1.46. The molecule has 0 unspecified atom stereocenters. The minimum absolute atomic E-state index is 0.158. The lowest BCUT2D eigenvalue weighted by Crippen LogP contribution is -2.33. The number of amides is 1. The maximum absolute atomic E-state index is 12.0. The van der Waals surface area contributed by atoms with E-state index in [1.807, 2.05) is 18.2 Å². The van der Waals surface area contributed by atoms with Crippen LogP contribution in [0.15, 0.2) is 30.3 Å². The molecule has 19 heavy (non-hydrogen) atoms. The topological polar surface area (TPSA) is 64.6 Å². The molecule has 2 atom stereocenters. The monoisotopic (exact) mass is 265 g/mol. The highest BCUT2D eigenvalue weighted by Gasteiger charge is 2.23. The molecule has 0 saturated carbocycles. The van der Waals surface area contributed by atoms with Gasteiger partial charge in [0.05, 0.1) is 6.54 Å². The molecule has 1 rings (SSSR count). The van der Waals surface area contributed by atoms with Gasteiger partial charge in [-0.1, -0.05) is 30.3 Å². The van der Waals surface area contributed by atoms with E-state index in [2.05, 4.69) is 5.32 Å². The molecule has 0 radical (unpaired) electrons. The van der Waals surface area contributed by atoms with Crippen LogP contribution in [0.3, 0.4) is 0 Å². The van der Waals surface area contributed by atoms with E-state index in [9.17, 15) is 9.59 Å². The van der Waals surface area contributed by atoms with Crippen LogP contribution in [0.5, 0.6) is 0 Å². The Morgan fingerprint density at radius 3 is 2.42 bits per heavy atom. The standard InChI is InChI=1S/C14H19NO4/c1-10(9-15-11(2)16)19-14(17)13(18-3)12-7-5-4-6-8-12/h4-8,10,13H,9H2,1-3H3,(H,15,16)/t10-,13+/m0/s1. The molecule has 5 nitrogen and oxygen atoms in total. The second-order valence-corrected chi connectivity index (χ2v) is 4.21. The van der Waals surface area contributed by atoms with E-state index < -0.39 is 18.2 Å². The van der Waals surface area contributed by atoms with Gasteiger partial charge in [0.25, 0.3) is 0 Å². The number of methoxy groups -OCH3 is 1. The number of nitrogens with one attached hydrogen (secondary N) is 1. The Balaban J connectivity index is 2.57. The van der Waals surface area contributed by atoms with Crippen molar-refractivity contribution in [2.75, 3.05) is 13.7 Å². The van der Waals surface area contributed by atoms with Crippen molar-refractivity contribution in [3.05, 3.63) is 35.9 Å². The first kappa shape index (κ1) is 15.2. The molecule has 1 N–H and O–H groups in total. The molecule has 104 valence electrons. The molecule has 1 amide bonds. The molecule has 0 aliphatic carbocycles. The predicted octanol–water partition coefficient (Wildman–Crippen LogP) is 1.44. The molecule has 1 aromatic carbocycles. The van der Waals surface area contributed by atoms with Crippen LogP contribution in [0.1, 0.15) is 25.5 Å². The van der Waals surface area contributed by atoms with Crippen LogP contribution in [0.25, 0.3) is 0 Å². The van der Waals surface area contributed by atoms with Crippen molar-refractivity contribution >= 4 is 11.9 Å². The van der Waals surface area contributed by atoms with Crippen LogP contribution >= 0.6 is 0 Å². The van der Waals surface area contributed by atoms with E-state index >= 15 is 0 Å². The van der Waals surface area contributed by atoms with E-state index in [1.54, 1.807) is 19.1 Å². The summed E-state index contributed by atoms with van der Waals surface area (Å²) in [4.78, 5) is 22.7. The summed E-state index contributed by atoms with van der Waals surface area (Å²) in [5.41, 5.74) is 0.738. The predicted molar refractivity (Wildman–Crippen MR) is 70.4 cm³/mol. The highest BCUT2D eigenvalue weighted by Crippen LogP contribution is 2.18. The second-order valence-electron chi connectivity index (χ2n) is 4.21. The fourth-order valence-electron chi connectivity index (χ4n) is 1.59. The molecule has 0 spiro atoms. The van der Waals surface area contributed by atoms with Gasteiger partial charge in [-0.25, -0.2) is 4.79 Å². The summed E-state index contributed by atoms with van der Waals surface area (Å²) >= 11 is 0. The summed E-state index contributed by atoms with van der Waals surface area (Å²) in [6, 6.07) is 9.12. The third kappa shape index (κ3) is 5.09. The fraction of sp³-hybridized carbons (Fsp3) is 0.429. The van der Waals surface area contributed by atoms with Crippen LogP contribution in [-0.2, 0) is 19.1 Å². The number of hydrogen-bond acceptors (Lipinski definition) is 4. The van der Waals surface area contributed by atoms with E-state index in [0.29, 0.717) is 0 Å². The van der Waals surface area contributed by atoms with Crippen LogP contribution in [0.4, 0.5) is 0 Å². The van der Waals surface area contributed by atoms with Crippen LogP contribution < -0.4 is 5.32 Å². The first-order chi connectivity index (χ1) is 9.04. The molecule has 0 aliphatic heterocycles. The molecule has 0 aromatic heterocycles.